The van der Waals surface area contributed by atoms with Gasteiger partial charge in [0.25, 0.3) is 0 Å². The van der Waals surface area contributed by atoms with Crippen LogP contribution in [0.15, 0.2) is 24.3 Å². The number of carboxylic acid groups (broad SMARTS) is 1. The molecule has 0 spiro atoms. The Kier molecular flexibility index (Phi) is 7.02. The van der Waals surface area contributed by atoms with E-state index in [0.29, 0.717) is 17.9 Å². The van der Waals surface area contributed by atoms with E-state index in [9.17, 15) is 14.0 Å². The molecule has 0 aromatic heterocycles. The Morgan fingerprint density at radius 3 is 2.23 bits per heavy atom. The lowest BCUT2D eigenvalue weighted by atomic mass is 9.95. The topological polar surface area (TPSA) is 66.4 Å². The Morgan fingerprint density at radius 2 is 1.73 bits per heavy atom. The Hall–Kier alpha value is -1.91. The Balaban J connectivity index is 2.70. The number of amides is 1. The second-order valence-corrected chi connectivity index (χ2v) is 6.21. The molecule has 122 valence electrons. The van der Waals surface area contributed by atoms with Gasteiger partial charge < -0.3 is 10.4 Å². The van der Waals surface area contributed by atoms with Crippen LogP contribution >= 0.6 is 0 Å². The van der Waals surface area contributed by atoms with Crippen LogP contribution in [0.5, 0.6) is 0 Å². The molecule has 2 N–H and O–H groups in total. The van der Waals surface area contributed by atoms with Gasteiger partial charge in [-0.15, -0.1) is 0 Å². The summed E-state index contributed by atoms with van der Waals surface area (Å²) in [5.74, 6) is -0.836. The molecule has 4 nitrogen and oxygen atoms in total. The second kappa shape index (κ2) is 8.51. The van der Waals surface area contributed by atoms with E-state index >= 15 is 0 Å². The number of nitrogens with one attached hydrogen (secondary N) is 1. The molecular weight excluding hydrogens is 285 g/mol. The van der Waals surface area contributed by atoms with E-state index in [4.69, 9.17) is 5.11 Å². The number of hydrogen-bond acceptors (Lipinski definition) is 2. The van der Waals surface area contributed by atoms with Gasteiger partial charge in [0.15, 0.2) is 0 Å². The monoisotopic (exact) mass is 309 g/mol. The molecule has 0 bridgehead atoms. The van der Waals surface area contributed by atoms with Crippen molar-refractivity contribution in [3.05, 3.63) is 35.6 Å². The first-order valence-electron chi connectivity index (χ1n) is 7.54. The zero-order valence-electron chi connectivity index (χ0n) is 13.3. The molecule has 0 aliphatic heterocycles. The average molecular weight is 309 g/mol. The number of halogens is 1. The van der Waals surface area contributed by atoms with Crippen LogP contribution in [0.3, 0.4) is 0 Å². The molecule has 0 aliphatic carbocycles. The molecule has 2 unspecified atom stereocenters. The summed E-state index contributed by atoms with van der Waals surface area (Å²) in [6, 6.07) is 4.88. The van der Waals surface area contributed by atoms with Crippen molar-refractivity contribution in [2.45, 2.75) is 46.1 Å². The fraction of sp³-hybridized carbons (Fsp3) is 0.529. The predicted octanol–water partition coefficient (Wildman–Crippen LogP) is 3.53. The third-order valence-corrected chi connectivity index (χ3v) is 3.39. The first-order valence-corrected chi connectivity index (χ1v) is 7.54. The van der Waals surface area contributed by atoms with Crippen LogP contribution in [0, 0.1) is 17.7 Å². The van der Waals surface area contributed by atoms with Gasteiger partial charge >= 0.3 is 5.97 Å². The van der Waals surface area contributed by atoms with Crippen LogP contribution in [0.25, 0.3) is 0 Å². The molecule has 5 heteroatoms. The molecule has 1 aromatic carbocycles. The molecule has 1 amide bonds. The van der Waals surface area contributed by atoms with E-state index in [-0.39, 0.29) is 18.2 Å². The highest BCUT2D eigenvalue weighted by Gasteiger charge is 2.19. The number of hydrogen-bond donors (Lipinski definition) is 2. The van der Waals surface area contributed by atoms with Gasteiger partial charge in [0, 0.05) is 6.42 Å². The van der Waals surface area contributed by atoms with Gasteiger partial charge in [-0.2, -0.15) is 0 Å². The molecule has 0 heterocycles. The number of rotatable bonds is 8. The van der Waals surface area contributed by atoms with Crippen molar-refractivity contribution in [1.29, 1.82) is 0 Å². The van der Waals surface area contributed by atoms with E-state index in [1.807, 2.05) is 6.92 Å². The van der Waals surface area contributed by atoms with E-state index in [0.717, 1.165) is 6.42 Å². The largest absolute Gasteiger partial charge is 0.481 e. The van der Waals surface area contributed by atoms with Gasteiger partial charge in [0.2, 0.25) is 5.91 Å². The van der Waals surface area contributed by atoms with Gasteiger partial charge in [0.1, 0.15) is 5.82 Å². The maximum Gasteiger partial charge on any atom is 0.305 e. The Morgan fingerprint density at radius 1 is 1.14 bits per heavy atom. The van der Waals surface area contributed by atoms with E-state index in [1.165, 1.54) is 24.3 Å². The van der Waals surface area contributed by atoms with Crippen LogP contribution in [0.4, 0.5) is 4.39 Å². The zero-order valence-corrected chi connectivity index (χ0v) is 13.3. The van der Waals surface area contributed by atoms with Crippen molar-refractivity contribution in [3.8, 4) is 0 Å². The number of carbonyl (C=O) groups excluding carboxylic acids is 1. The van der Waals surface area contributed by atoms with Crippen LogP contribution in [-0.4, -0.2) is 17.0 Å². The molecule has 1 rings (SSSR count). The minimum absolute atomic E-state index is 0.177. The third kappa shape index (κ3) is 6.70. The first-order chi connectivity index (χ1) is 10.3. The number of aliphatic carboxylic acids is 1. The van der Waals surface area contributed by atoms with Crippen LogP contribution in [-0.2, 0) is 9.59 Å². The predicted molar refractivity (Wildman–Crippen MR) is 82.8 cm³/mol. The van der Waals surface area contributed by atoms with E-state index in [1.54, 1.807) is 0 Å². The lowest BCUT2D eigenvalue weighted by molar-refractivity contribution is -0.137. The van der Waals surface area contributed by atoms with Crippen LogP contribution in [0.2, 0.25) is 0 Å². The highest BCUT2D eigenvalue weighted by atomic mass is 19.1. The molecule has 2 atom stereocenters. The second-order valence-electron chi connectivity index (χ2n) is 6.21. The SMILES string of the molecule is CC(C)CC(C)CC(=O)NC(CC(=O)O)c1ccc(F)cc1. The summed E-state index contributed by atoms with van der Waals surface area (Å²) >= 11 is 0. The molecule has 0 fully saturated rings. The summed E-state index contributed by atoms with van der Waals surface area (Å²) in [5.41, 5.74) is 0.591. The quantitative estimate of drug-likeness (QED) is 0.772. The number of carbonyl (C=O) groups is 2. The summed E-state index contributed by atoms with van der Waals surface area (Å²) in [4.78, 5) is 23.1. The molecular formula is C17H24FNO3. The Labute approximate surface area is 130 Å². The van der Waals surface area contributed by atoms with Gasteiger partial charge in [-0.1, -0.05) is 32.9 Å². The average Bonchev–Trinajstić information content (AvgIpc) is 2.36. The summed E-state index contributed by atoms with van der Waals surface area (Å²) in [6.07, 6.45) is 1.07. The minimum atomic E-state index is -1.01. The maximum absolute atomic E-state index is 13.0. The van der Waals surface area contributed by atoms with E-state index in [2.05, 4.69) is 19.2 Å². The van der Waals surface area contributed by atoms with Gasteiger partial charge in [-0.3, -0.25) is 9.59 Å². The van der Waals surface area contributed by atoms with Crippen molar-refractivity contribution < 1.29 is 19.1 Å². The minimum Gasteiger partial charge on any atom is -0.481 e. The van der Waals surface area contributed by atoms with E-state index < -0.39 is 17.8 Å². The summed E-state index contributed by atoms with van der Waals surface area (Å²) in [7, 11) is 0. The van der Waals surface area contributed by atoms with Crippen molar-refractivity contribution in [2.75, 3.05) is 0 Å². The fourth-order valence-corrected chi connectivity index (χ4v) is 2.58. The zero-order chi connectivity index (χ0) is 16.7. The summed E-state index contributed by atoms with van der Waals surface area (Å²) < 4.78 is 13.0. The third-order valence-electron chi connectivity index (χ3n) is 3.39. The molecule has 22 heavy (non-hydrogen) atoms. The molecule has 0 aliphatic rings. The highest BCUT2D eigenvalue weighted by Crippen LogP contribution is 2.19. The van der Waals surface area contributed by atoms with Gasteiger partial charge in [-0.25, -0.2) is 4.39 Å². The highest BCUT2D eigenvalue weighted by molar-refractivity contribution is 5.78. The summed E-state index contributed by atoms with van der Waals surface area (Å²) in [6.45, 7) is 6.20. The lowest BCUT2D eigenvalue weighted by Gasteiger charge is -2.19. The first kappa shape index (κ1) is 18.1. The Bertz CT molecular complexity index is 499. The van der Waals surface area contributed by atoms with Crippen LogP contribution < -0.4 is 5.32 Å². The smallest absolute Gasteiger partial charge is 0.305 e. The van der Waals surface area contributed by atoms with Crippen molar-refractivity contribution in [1.82, 2.24) is 5.32 Å². The van der Waals surface area contributed by atoms with Gasteiger partial charge in [-0.05, 0) is 36.0 Å². The van der Waals surface area contributed by atoms with Crippen molar-refractivity contribution in [3.63, 3.8) is 0 Å². The number of carboxylic acids is 1. The molecule has 0 radical (unpaired) electrons. The normalized spacial score (nSPS) is 13.7. The number of benzene rings is 1. The lowest BCUT2D eigenvalue weighted by Crippen LogP contribution is -2.31. The maximum atomic E-state index is 13.0. The molecule has 0 saturated heterocycles. The van der Waals surface area contributed by atoms with Crippen molar-refractivity contribution in [2.24, 2.45) is 11.8 Å². The van der Waals surface area contributed by atoms with Crippen LogP contribution in [0.1, 0.15) is 51.6 Å². The fourth-order valence-electron chi connectivity index (χ4n) is 2.58. The molecule has 0 saturated carbocycles. The van der Waals surface area contributed by atoms with Gasteiger partial charge in [0.05, 0.1) is 12.5 Å². The standard InChI is InChI=1S/C17H24FNO3/c1-11(2)8-12(3)9-16(20)19-15(10-17(21)22)13-4-6-14(18)7-5-13/h4-7,11-12,15H,8-10H2,1-3H3,(H,19,20)(H,21,22). The molecule has 1 aromatic rings. The van der Waals surface area contributed by atoms with Crippen molar-refractivity contribution >= 4 is 11.9 Å². The summed E-state index contributed by atoms with van der Waals surface area (Å²) in [5, 5.41) is 11.7.